The van der Waals surface area contributed by atoms with E-state index in [2.05, 4.69) is 6.92 Å². The molecule has 2 unspecified atom stereocenters. The number of hydrogen-bond acceptors (Lipinski definition) is 4. The van der Waals surface area contributed by atoms with Crippen LogP contribution in [-0.2, 0) is 9.84 Å². The predicted octanol–water partition coefficient (Wildman–Crippen LogP) is 2.32. The van der Waals surface area contributed by atoms with Gasteiger partial charge in [0.05, 0.1) is 10.1 Å². The molecule has 3 N–H and O–H groups in total. The Morgan fingerprint density at radius 2 is 1.95 bits per heavy atom. The van der Waals surface area contributed by atoms with Crippen LogP contribution in [0.1, 0.15) is 45.1 Å². The molecule has 0 radical (unpaired) electrons. The van der Waals surface area contributed by atoms with E-state index in [1.807, 2.05) is 6.07 Å². The van der Waals surface area contributed by atoms with Crippen LogP contribution in [0.2, 0.25) is 0 Å². The molecule has 120 valence electrons. The first-order valence-electron chi connectivity index (χ1n) is 7.51. The summed E-state index contributed by atoms with van der Waals surface area (Å²) < 4.78 is 24.5. The van der Waals surface area contributed by atoms with E-state index in [0.29, 0.717) is 11.4 Å². The summed E-state index contributed by atoms with van der Waals surface area (Å²) in [5.41, 5.74) is 6.65. The van der Waals surface area contributed by atoms with Gasteiger partial charge in [-0.2, -0.15) is 0 Å². The van der Waals surface area contributed by atoms with E-state index in [4.69, 9.17) is 5.73 Å². The highest BCUT2D eigenvalue weighted by atomic mass is 32.2. The van der Waals surface area contributed by atoms with Gasteiger partial charge in [-0.25, -0.2) is 8.42 Å². The van der Waals surface area contributed by atoms with Crippen molar-refractivity contribution < 1.29 is 13.5 Å². The van der Waals surface area contributed by atoms with E-state index in [9.17, 15) is 13.5 Å². The molecule has 0 spiro atoms. The number of nitrogens with two attached hydrogens (primary N) is 1. The summed E-state index contributed by atoms with van der Waals surface area (Å²) in [5.74, 6) is 0.272. The lowest BCUT2D eigenvalue weighted by Gasteiger charge is -2.21. The molecule has 1 aromatic carbocycles. The van der Waals surface area contributed by atoms with E-state index >= 15 is 0 Å². The molecule has 0 aliphatic carbocycles. The molecule has 0 aromatic heterocycles. The van der Waals surface area contributed by atoms with Crippen molar-refractivity contribution in [3.63, 3.8) is 0 Å². The highest BCUT2D eigenvalue weighted by molar-refractivity contribution is 7.92. The fourth-order valence-electron chi connectivity index (χ4n) is 2.40. The molecule has 1 aromatic rings. The molecule has 4 nitrogen and oxygen atoms in total. The summed E-state index contributed by atoms with van der Waals surface area (Å²) in [7, 11) is -3.25. The maximum Gasteiger partial charge on any atom is 0.180 e. The minimum absolute atomic E-state index is 0.0558. The van der Waals surface area contributed by atoms with Crippen LogP contribution in [0.3, 0.4) is 0 Å². The molecular formula is C16H27NO3S. The molecule has 2 atom stereocenters. The van der Waals surface area contributed by atoms with Crippen LogP contribution in [0.4, 0.5) is 0 Å². The van der Waals surface area contributed by atoms with Gasteiger partial charge in [-0.05, 0) is 62.8 Å². The Labute approximate surface area is 128 Å². The normalized spacial score (nSPS) is 15.1. The fraction of sp³-hybridized carbons (Fsp3) is 0.625. The summed E-state index contributed by atoms with van der Waals surface area (Å²) in [5, 5.41) is 8.87. The zero-order chi connectivity index (χ0) is 16.0. The number of sulfone groups is 1. The van der Waals surface area contributed by atoms with E-state index in [1.165, 1.54) is 0 Å². The van der Waals surface area contributed by atoms with Crippen LogP contribution in [0.25, 0.3) is 0 Å². The van der Waals surface area contributed by atoms with Gasteiger partial charge in [-0.3, -0.25) is 0 Å². The van der Waals surface area contributed by atoms with Crippen molar-refractivity contribution in [1.29, 1.82) is 0 Å². The minimum atomic E-state index is -3.25. The zero-order valence-corrected chi connectivity index (χ0v) is 13.9. The Balaban J connectivity index is 3.07. The summed E-state index contributed by atoms with van der Waals surface area (Å²) in [4.78, 5) is 0.377. The standard InChI is InChI=1S/C16H27NO3S/c1-4-14(8-13(10-17)11-18)15-6-5-7-16(9-15)21(19,20)12(2)3/h5-7,9,12-14,18H,4,8,10-11,17H2,1-3H3. The number of hydrogen-bond donors (Lipinski definition) is 2. The third-order valence-corrected chi connectivity index (χ3v) is 6.13. The predicted molar refractivity (Wildman–Crippen MR) is 86.0 cm³/mol. The summed E-state index contributed by atoms with van der Waals surface area (Å²) >= 11 is 0. The smallest absolute Gasteiger partial charge is 0.180 e. The van der Waals surface area contributed by atoms with E-state index in [0.717, 1.165) is 18.4 Å². The summed E-state index contributed by atoms with van der Waals surface area (Å²) in [6.07, 6.45) is 1.66. The van der Waals surface area contributed by atoms with Crippen LogP contribution in [0, 0.1) is 5.92 Å². The average Bonchev–Trinajstić information content (AvgIpc) is 2.48. The minimum Gasteiger partial charge on any atom is -0.396 e. The Kier molecular flexibility index (Phi) is 6.84. The topological polar surface area (TPSA) is 80.4 Å². The molecule has 0 saturated carbocycles. The lowest BCUT2D eigenvalue weighted by Crippen LogP contribution is -2.21. The van der Waals surface area contributed by atoms with Crippen molar-refractivity contribution >= 4 is 9.84 Å². The molecule has 0 amide bonds. The van der Waals surface area contributed by atoms with Crippen molar-refractivity contribution in [3.05, 3.63) is 29.8 Å². The molecule has 0 heterocycles. The van der Waals surface area contributed by atoms with Gasteiger partial charge in [0.1, 0.15) is 0 Å². The quantitative estimate of drug-likeness (QED) is 0.772. The van der Waals surface area contributed by atoms with Crippen molar-refractivity contribution in [3.8, 4) is 0 Å². The third-order valence-electron chi connectivity index (χ3n) is 3.98. The van der Waals surface area contributed by atoms with Crippen LogP contribution in [-0.4, -0.2) is 31.9 Å². The van der Waals surface area contributed by atoms with E-state index < -0.39 is 15.1 Å². The maximum absolute atomic E-state index is 12.3. The van der Waals surface area contributed by atoms with Gasteiger partial charge in [-0.1, -0.05) is 19.1 Å². The van der Waals surface area contributed by atoms with Crippen molar-refractivity contribution in [2.24, 2.45) is 11.7 Å². The van der Waals surface area contributed by atoms with E-state index in [-0.39, 0.29) is 18.4 Å². The largest absolute Gasteiger partial charge is 0.396 e. The maximum atomic E-state index is 12.3. The summed E-state index contributed by atoms with van der Waals surface area (Å²) in [6.45, 7) is 5.96. The fourth-order valence-corrected chi connectivity index (χ4v) is 3.52. The van der Waals surface area contributed by atoms with Gasteiger partial charge < -0.3 is 10.8 Å². The molecule has 5 heteroatoms. The van der Waals surface area contributed by atoms with Gasteiger partial charge >= 0.3 is 0 Å². The first-order chi connectivity index (χ1) is 9.86. The zero-order valence-electron chi connectivity index (χ0n) is 13.1. The molecular weight excluding hydrogens is 286 g/mol. The second-order valence-corrected chi connectivity index (χ2v) is 8.30. The van der Waals surface area contributed by atoms with Crippen LogP contribution >= 0.6 is 0 Å². The molecule has 21 heavy (non-hydrogen) atoms. The molecule has 0 aliphatic heterocycles. The monoisotopic (exact) mass is 313 g/mol. The lowest BCUT2D eigenvalue weighted by atomic mass is 9.87. The van der Waals surface area contributed by atoms with Gasteiger partial charge in [0.15, 0.2) is 9.84 Å². The Bertz CT molecular complexity index is 536. The molecule has 0 bridgehead atoms. The SMILES string of the molecule is CCC(CC(CN)CO)c1cccc(S(=O)(=O)C(C)C)c1. The van der Waals surface area contributed by atoms with Crippen LogP contribution in [0.5, 0.6) is 0 Å². The third kappa shape index (κ3) is 4.53. The number of aliphatic hydroxyl groups excluding tert-OH is 1. The second kappa shape index (κ2) is 7.92. The molecule has 0 fully saturated rings. The second-order valence-electron chi connectivity index (χ2n) is 5.79. The van der Waals surface area contributed by atoms with Crippen LogP contribution in [0.15, 0.2) is 29.2 Å². The van der Waals surface area contributed by atoms with E-state index in [1.54, 1.807) is 32.0 Å². The highest BCUT2D eigenvalue weighted by Gasteiger charge is 2.21. The average molecular weight is 313 g/mol. The number of rotatable bonds is 8. The number of benzene rings is 1. The van der Waals surface area contributed by atoms with Gasteiger partial charge in [0.2, 0.25) is 0 Å². The molecule has 0 saturated heterocycles. The van der Waals surface area contributed by atoms with Crippen molar-refractivity contribution in [1.82, 2.24) is 0 Å². The first kappa shape index (κ1) is 18.1. The Hall–Kier alpha value is -0.910. The van der Waals surface area contributed by atoms with Gasteiger partial charge in [0.25, 0.3) is 0 Å². The highest BCUT2D eigenvalue weighted by Crippen LogP contribution is 2.29. The van der Waals surface area contributed by atoms with Crippen LogP contribution < -0.4 is 5.73 Å². The van der Waals surface area contributed by atoms with Crippen molar-refractivity contribution in [2.45, 2.75) is 49.7 Å². The Morgan fingerprint density at radius 1 is 1.29 bits per heavy atom. The number of aliphatic hydroxyl groups is 1. The van der Waals surface area contributed by atoms with Gasteiger partial charge in [-0.15, -0.1) is 0 Å². The first-order valence-corrected chi connectivity index (χ1v) is 9.06. The van der Waals surface area contributed by atoms with Gasteiger partial charge in [0, 0.05) is 6.61 Å². The molecule has 1 rings (SSSR count). The lowest BCUT2D eigenvalue weighted by molar-refractivity contribution is 0.214. The Morgan fingerprint density at radius 3 is 2.43 bits per heavy atom. The molecule has 0 aliphatic rings. The van der Waals surface area contributed by atoms with Crippen molar-refractivity contribution in [2.75, 3.05) is 13.2 Å². The summed E-state index contributed by atoms with van der Waals surface area (Å²) in [6, 6.07) is 7.18.